The first-order valence-electron chi connectivity index (χ1n) is 7.94. The molecule has 1 saturated heterocycles. The molecule has 118 valence electrons. The van der Waals surface area contributed by atoms with E-state index >= 15 is 0 Å². The average molecular weight is 294 g/mol. The molecule has 21 heavy (non-hydrogen) atoms. The van der Waals surface area contributed by atoms with Crippen molar-refractivity contribution < 1.29 is 9.53 Å². The SMILES string of the molecule is N#CCCN(CCN1CCOCC1)C(=O)C1CCCC1N. The standard InChI is InChI=1S/C15H26N4O2/c16-5-2-6-19(8-7-18-9-11-21-12-10-18)15(20)13-3-1-4-14(13)17/h13-14H,1-4,6-12,17H2. The van der Waals surface area contributed by atoms with Gasteiger partial charge < -0.3 is 15.4 Å². The summed E-state index contributed by atoms with van der Waals surface area (Å²) >= 11 is 0. The Morgan fingerprint density at radius 1 is 1.33 bits per heavy atom. The average Bonchev–Trinajstić information content (AvgIpc) is 2.94. The number of morpholine rings is 1. The van der Waals surface area contributed by atoms with Crippen LogP contribution in [-0.2, 0) is 9.53 Å². The van der Waals surface area contributed by atoms with E-state index in [0.717, 1.165) is 52.1 Å². The zero-order valence-electron chi connectivity index (χ0n) is 12.7. The molecule has 1 heterocycles. The second-order valence-electron chi connectivity index (χ2n) is 5.89. The minimum absolute atomic E-state index is 0.00882. The lowest BCUT2D eigenvalue weighted by atomic mass is 10.0. The molecule has 1 aliphatic heterocycles. The van der Waals surface area contributed by atoms with E-state index in [9.17, 15) is 4.79 Å². The quantitative estimate of drug-likeness (QED) is 0.756. The lowest BCUT2D eigenvalue weighted by Crippen LogP contribution is -2.46. The Morgan fingerprint density at radius 3 is 2.71 bits per heavy atom. The van der Waals surface area contributed by atoms with Gasteiger partial charge in [0.25, 0.3) is 0 Å². The Morgan fingerprint density at radius 2 is 2.10 bits per heavy atom. The summed E-state index contributed by atoms with van der Waals surface area (Å²) in [7, 11) is 0. The van der Waals surface area contributed by atoms with Gasteiger partial charge in [-0.05, 0) is 12.8 Å². The lowest BCUT2D eigenvalue weighted by Gasteiger charge is -2.31. The van der Waals surface area contributed by atoms with Crippen molar-refractivity contribution in [3.8, 4) is 6.07 Å². The predicted molar refractivity (Wildman–Crippen MR) is 79.4 cm³/mol. The first-order valence-corrected chi connectivity index (χ1v) is 7.94. The third-order valence-corrected chi connectivity index (χ3v) is 4.48. The van der Waals surface area contributed by atoms with Crippen molar-refractivity contribution in [2.75, 3.05) is 45.9 Å². The largest absolute Gasteiger partial charge is 0.379 e. The minimum atomic E-state index is -0.0478. The molecule has 2 rings (SSSR count). The predicted octanol–water partition coefficient (Wildman–Crippen LogP) is 0.188. The molecule has 1 aliphatic carbocycles. The summed E-state index contributed by atoms with van der Waals surface area (Å²) in [6.45, 7) is 5.42. The number of rotatable bonds is 6. The summed E-state index contributed by atoms with van der Waals surface area (Å²) in [6, 6.07) is 2.13. The van der Waals surface area contributed by atoms with Crippen LogP contribution < -0.4 is 5.73 Å². The summed E-state index contributed by atoms with van der Waals surface area (Å²) in [5, 5.41) is 8.79. The van der Waals surface area contributed by atoms with Crippen LogP contribution in [0.2, 0.25) is 0 Å². The molecule has 2 fully saturated rings. The number of ether oxygens (including phenoxy) is 1. The van der Waals surface area contributed by atoms with Gasteiger partial charge in [0, 0.05) is 38.8 Å². The van der Waals surface area contributed by atoms with Gasteiger partial charge in [0.1, 0.15) is 0 Å². The van der Waals surface area contributed by atoms with Crippen molar-refractivity contribution in [2.24, 2.45) is 11.7 Å². The molecule has 0 aromatic heterocycles. The third-order valence-electron chi connectivity index (χ3n) is 4.48. The number of carbonyl (C=O) groups excluding carboxylic acids is 1. The number of hydrogen-bond donors (Lipinski definition) is 1. The van der Waals surface area contributed by atoms with Crippen LogP contribution in [0, 0.1) is 17.2 Å². The van der Waals surface area contributed by atoms with Crippen molar-refractivity contribution in [3.63, 3.8) is 0 Å². The van der Waals surface area contributed by atoms with Gasteiger partial charge in [0.05, 0.1) is 31.6 Å². The maximum absolute atomic E-state index is 12.6. The molecule has 6 nitrogen and oxygen atoms in total. The summed E-state index contributed by atoms with van der Waals surface area (Å²) in [5.74, 6) is 0.0943. The van der Waals surface area contributed by atoms with Gasteiger partial charge in [-0.25, -0.2) is 0 Å². The molecular weight excluding hydrogens is 268 g/mol. The Labute approximate surface area is 126 Å². The van der Waals surface area contributed by atoms with E-state index in [0.29, 0.717) is 19.5 Å². The van der Waals surface area contributed by atoms with Crippen molar-refractivity contribution in [1.82, 2.24) is 9.80 Å². The first-order chi connectivity index (χ1) is 10.2. The molecule has 2 N–H and O–H groups in total. The molecular formula is C15H26N4O2. The second kappa shape index (κ2) is 8.32. The molecule has 2 unspecified atom stereocenters. The van der Waals surface area contributed by atoms with Gasteiger partial charge in [-0.1, -0.05) is 6.42 Å². The van der Waals surface area contributed by atoms with Crippen molar-refractivity contribution in [2.45, 2.75) is 31.7 Å². The van der Waals surface area contributed by atoms with E-state index in [1.807, 2.05) is 4.90 Å². The molecule has 2 aliphatic rings. The number of hydrogen-bond acceptors (Lipinski definition) is 5. The highest BCUT2D eigenvalue weighted by Gasteiger charge is 2.33. The number of carbonyl (C=O) groups is 1. The highest BCUT2D eigenvalue weighted by molar-refractivity contribution is 5.80. The Hall–Kier alpha value is -1.16. The van der Waals surface area contributed by atoms with E-state index < -0.39 is 0 Å². The van der Waals surface area contributed by atoms with Gasteiger partial charge in [0.2, 0.25) is 5.91 Å². The molecule has 1 amide bonds. The molecule has 6 heteroatoms. The topological polar surface area (TPSA) is 82.6 Å². The van der Waals surface area contributed by atoms with Crippen LogP contribution in [0.1, 0.15) is 25.7 Å². The Bertz CT molecular complexity index is 376. The van der Waals surface area contributed by atoms with Crippen LogP contribution in [0.25, 0.3) is 0 Å². The molecule has 0 aromatic carbocycles. The van der Waals surface area contributed by atoms with Gasteiger partial charge in [-0.3, -0.25) is 9.69 Å². The fourth-order valence-electron chi connectivity index (χ4n) is 3.13. The Kier molecular flexibility index (Phi) is 6.43. The highest BCUT2D eigenvalue weighted by atomic mass is 16.5. The van der Waals surface area contributed by atoms with E-state index in [4.69, 9.17) is 15.7 Å². The number of nitrogens with two attached hydrogens (primary N) is 1. The van der Waals surface area contributed by atoms with Crippen LogP contribution in [0.15, 0.2) is 0 Å². The van der Waals surface area contributed by atoms with E-state index in [1.165, 1.54) is 0 Å². The van der Waals surface area contributed by atoms with Crippen LogP contribution in [0.3, 0.4) is 0 Å². The Balaban J connectivity index is 1.86. The van der Waals surface area contributed by atoms with Crippen molar-refractivity contribution in [1.29, 1.82) is 5.26 Å². The summed E-state index contributed by atoms with van der Waals surface area (Å²) in [6.07, 6.45) is 3.25. The zero-order valence-corrected chi connectivity index (χ0v) is 12.7. The molecule has 1 saturated carbocycles. The molecule has 0 aromatic rings. The maximum Gasteiger partial charge on any atom is 0.227 e. The summed E-state index contributed by atoms with van der Waals surface area (Å²) in [5.41, 5.74) is 6.05. The van der Waals surface area contributed by atoms with E-state index in [2.05, 4.69) is 11.0 Å². The smallest absolute Gasteiger partial charge is 0.227 e. The number of nitrogens with zero attached hydrogens (tertiary/aromatic N) is 3. The zero-order chi connectivity index (χ0) is 15.1. The van der Waals surface area contributed by atoms with Gasteiger partial charge >= 0.3 is 0 Å². The number of nitriles is 1. The van der Waals surface area contributed by atoms with Crippen LogP contribution in [0.4, 0.5) is 0 Å². The van der Waals surface area contributed by atoms with Crippen LogP contribution >= 0.6 is 0 Å². The fraction of sp³-hybridized carbons (Fsp3) is 0.867. The summed E-state index contributed by atoms with van der Waals surface area (Å²) in [4.78, 5) is 16.8. The molecule has 0 radical (unpaired) electrons. The second-order valence-corrected chi connectivity index (χ2v) is 5.89. The molecule has 0 bridgehead atoms. The monoisotopic (exact) mass is 294 g/mol. The van der Waals surface area contributed by atoms with Gasteiger partial charge in [-0.15, -0.1) is 0 Å². The number of amides is 1. The fourth-order valence-corrected chi connectivity index (χ4v) is 3.13. The highest BCUT2D eigenvalue weighted by Crippen LogP contribution is 2.26. The van der Waals surface area contributed by atoms with Crippen LogP contribution in [-0.4, -0.2) is 67.7 Å². The normalized spacial score (nSPS) is 26.5. The molecule has 2 atom stereocenters. The lowest BCUT2D eigenvalue weighted by molar-refractivity contribution is -0.136. The van der Waals surface area contributed by atoms with Crippen molar-refractivity contribution >= 4 is 5.91 Å². The minimum Gasteiger partial charge on any atom is -0.379 e. The van der Waals surface area contributed by atoms with Crippen molar-refractivity contribution in [3.05, 3.63) is 0 Å². The van der Waals surface area contributed by atoms with Gasteiger partial charge in [-0.2, -0.15) is 5.26 Å². The summed E-state index contributed by atoms with van der Waals surface area (Å²) < 4.78 is 5.33. The maximum atomic E-state index is 12.6. The van der Waals surface area contributed by atoms with E-state index in [-0.39, 0.29) is 17.9 Å². The molecule has 0 spiro atoms. The third kappa shape index (κ3) is 4.67. The van der Waals surface area contributed by atoms with Gasteiger partial charge in [0.15, 0.2) is 0 Å². The van der Waals surface area contributed by atoms with E-state index in [1.54, 1.807) is 0 Å². The van der Waals surface area contributed by atoms with Crippen LogP contribution in [0.5, 0.6) is 0 Å². The first kappa shape index (κ1) is 16.2.